The lowest BCUT2D eigenvalue weighted by atomic mass is 9.91. The number of rotatable bonds is 3. The van der Waals surface area contributed by atoms with Gasteiger partial charge in [0.25, 0.3) is 0 Å². The van der Waals surface area contributed by atoms with E-state index in [-0.39, 0.29) is 17.8 Å². The van der Waals surface area contributed by atoms with Crippen LogP contribution in [0.4, 0.5) is 0 Å². The lowest BCUT2D eigenvalue weighted by Crippen LogP contribution is -2.23. The predicted octanol–water partition coefficient (Wildman–Crippen LogP) is 3.82. The highest BCUT2D eigenvalue weighted by Gasteiger charge is 2.34. The molecule has 2 atom stereocenters. The lowest BCUT2D eigenvalue weighted by molar-refractivity contribution is 0.0689. The molecule has 0 saturated carbocycles. The second kappa shape index (κ2) is 4.98. The van der Waals surface area contributed by atoms with E-state index in [0.717, 1.165) is 33.7 Å². The lowest BCUT2D eigenvalue weighted by Gasteiger charge is -2.15. The first-order valence-corrected chi connectivity index (χ1v) is 7.16. The van der Waals surface area contributed by atoms with E-state index >= 15 is 0 Å². The molecule has 2 heterocycles. The van der Waals surface area contributed by atoms with E-state index in [0.29, 0.717) is 0 Å². The molecule has 1 fully saturated rings. The van der Waals surface area contributed by atoms with Crippen molar-refractivity contribution in [1.82, 2.24) is 0 Å². The molecule has 1 aliphatic heterocycles. The molecule has 0 aromatic carbocycles. The van der Waals surface area contributed by atoms with Crippen molar-refractivity contribution in [1.29, 1.82) is 0 Å². The first-order chi connectivity index (χ1) is 7.63. The number of Topliss-reactive ketones (excluding diaryl/α,β-unsaturated/α-hetero) is 1. The molecule has 1 aromatic rings. The van der Waals surface area contributed by atoms with Crippen LogP contribution < -0.4 is 0 Å². The van der Waals surface area contributed by atoms with Crippen molar-refractivity contribution in [2.45, 2.75) is 32.8 Å². The molecule has 2 nitrogen and oxygen atoms in total. The summed E-state index contributed by atoms with van der Waals surface area (Å²) in [5.74, 6) is 0.314. The standard InChI is InChI=1S/C12H15BrO2S/c1-3-10-8(4-5-15-10)12(14)9-6-11(13)16-7(9)2/h6,8,10H,3-5H2,1-2H3. The third-order valence-corrected chi connectivity index (χ3v) is 4.66. The molecule has 4 heteroatoms. The van der Waals surface area contributed by atoms with Gasteiger partial charge >= 0.3 is 0 Å². The zero-order chi connectivity index (χ0) is 11.7. The van der Waals surface area contributed by atoms with Crippen LogP contribution in [0.5, 0.6) is 0 Å². The monoisotopic (exact) mass is 302 g/mol. The van der Waals surface area contributed by atoms with Crippen LogP contribution in [0.25, 0.3) is 0 Å². The normalized spacial score (nSPS) is 24.9. The van der Waals surface area contributed by atoms with Gasteiger partial charge in [-0.3, -0.25) is 4.79 Å². The molecule has 0 aliphatic carbocycles. The van der Waals surface area contributed by atoms with Crippen molar-refractivity contribution in [3.05, 3.63) is 20.3 Å². The van der Waals surface area contributed by atoms with Crippen molar-refractivity contribution < 1.29 is 9.53 Å². The number of carbonyl (C=O) groups is 1. The molecular weight excluding hydrogens is 288 g/mol. The largest absolute Gasteiger partial charge is 0.377 e. The Morgan fingerprint density at radius 1 is 1.69 bits per heavy atom. The topological polar surface area (TPSA) is 26.3 Å². The van der Waals surface area contributed by atoms with Crippen LogP contribution >= 0.6 is 27.3 Å². The third-order valence-electron chi connectivity index (χ3n) is 3.10. The minimum Gasteiger partial charge on any atom is -0.377 e. The number of ketones is 1. The fourth-order valence-electron chi connectivity index (χ4n) is 2.24. The summed E-state index contributed by atoms with van der Waals surface area (Å²) in [7, 11) is 0. The molecule has 16 heavy (non-hydrogen) atoms. The average molecular weight is 303 g/mol. The van der Waals surface area contributed by atoms with Crippen LogP contribution in [0, 0.1) is 12.8 Å². The molecule has 0 spiro atoms. The Hall–Kier alpha value is -0.190. The second-order valence-electron chi connectivity index (χ2n) is 4.10. The molecule has 2 unspecified atom stereocenters. The van der Waals surface area contributed by atoms with E-state index in [9.17, 15) is 4.79 Å². The molecule has 1 saturated heterocycles. The number of aryl methyl sites for hydroxylation is 1. The number of halogens is 1. The second-order valence-corrected chi connectivity index (χ2v) is 6.73. The molecule has 2 rings (SSSR count). The Kier molecular flexibility index (Phi) is 3.82. The summed E-state index contributed by atoms with van der Waals surface area (Å²) in [6.45, 7) is 4.80. The zero-order valence-electron chi connectivity index (χ0n) is 9.46. The summed E-state index contributed by atoms with van der Waals surface area (Å²) in [5.41, 5.74) is 0.867. The van der Waals surface area contributed by atoms with Crippen molar-refractivity contribution >= 4 is 33.0 Å². The number of hydrogen-bond donors (Lipinski definition) is 0. The number of carbonyl (C=O) groups excluding carboxylic acids is 1. The third kappa shape index (κ3) is 2.24. The van der Waals surface area contributed by atoms with E-state index in [2.05, 4.69) is 22.9 Å². The van der Waals surface area contributed by atoms with Gasteiger partial charge in [-0.15, -0.1) is 11.3 Å². The minimum atomic E-state index is 0.0604. The summed E-state index contributed by atoms with van der Waals surface area (Å²) in [6.07, 6.45) is 1.90. The molecule has 0 amide bonds. The number of ether oxygens (including phenoxy) is 1. The quantitative estimate of drug-likeness (QED) is 0.794. The van der Waals surface area contributed by atoms with Crippen LogP contribution in [-0.2, 0) is 4.74 Å². The highest BCUT2D eigenvalue weighted by atomic mass is 79.9. The van der Waals surface area contributed by atoms with E-state index < -0.39 is 0 Å². The van der Waals surface area contributed by atoms with Gasteiger partial charge in [-0.25, -0.2) is 0 Å². The van der Waals surface area contributed by atoms with Gasteiger partial charge in [0.05, 0.1) is 15.8 Å². The van der Waals surface area contributed by atoms with Gasteiger partial charge in [-0.1, -0.05) is 6.92 Å². The van der Waals surface area contributed by atoms with Gasteiger partial charge in [0, 0.05) is 17.0 Å². The summed E-state index contributed by atoms with van der Waals surface area (Å²) in [4.78, 5) is 13.5. The minimum absolute atomic E-state index is 0.0604. The Bertz CT molecular complexity index is 400. The Morgan fingerprint density at radius 3 is 3.00 bits per heavy atom. The maximum Gasteiger partial charge on any atom is 0.169 e. The Labute approximate surface area is 108 Å². The van der Waals surface area contributed by atoms with Crippen molar-refractivity contribution in [3.8, 4) is 0 Å². The smallest absolute Gasteiger partial charge is 0.169 e. The van der Waals surface area contributed by atoms with Gasteiger partial charge < -0.3 is 4.74 Å². The molecule has 0 N–H and O–H groups in total. The fourth-order valence-corrected chi connectivity index (χ4v) is 3.94. The van der Waals surface area contributed by atoms with Crippen LogP contribution in [0.2, 0.25) is 0 Å². The summed E-state index contributed by atoms with van der Waals surface area (Å²) >= 11 is 5.05. The van der Waals surface area contributed by atoms with Crippen molar-refractivity contribution in [2.24, 2.45) is 5.92 Å². The van der Waals surface area contributed by atoms with Crippen LogP contribution in [0.15, 0.2) is 9.85 Å². The molecule has 1 aromatic heterocycles. The average Bonchev–Trinajstić information content (AvgIpc) is 2.83. The maximum absolute atomic E-state index is 12.4. The predicted molar refractivity (Wildman–Crippen MR) is 69.2 cm³/mol. The molecule has 0 radical (unpaired) electrons. The highest BCUT2D eigenvalue weighted by Crippen LogP contribution is 2.32. The van der Waals surface area contributed by atoms with Crippen LogP contribution in [0.3, 0.4) is 0 Å². The molecular formula is C12H15BrO2S. The highest BCUT2D eigenvalue weighted by molar-refractivity contribution is 9.11. The number of hydrogen-bond acceptors (Lipinski definition) is 3. The molecule has 88 valence electrons. The van der Waals surface area contributed by atoms with Crippen LogP contribution in [-0.4, -0.2) is 18.5 Å². The SMILES string of the molecule is CCC1OCCC1C(=O)c1cc(Br)sc1C. The summed E-state index contributed by atoms with van der Waals surface area (Å²) in [5, 5.41) is 0. The van der Waals surface area contributed by atoms with Crippen LogP contribution in [0.1, 0.15) is 35.0 Å². The van der Waals surface area contributed by atoms with Crippen molar-refractivity contribution in [2.75, 3.05) is 6.61 Å². The summed E-state index contributed by atoms with van der Waals surface area (Å²) in [6, 6.07) is 1.94. The Morgan fingerprint density at radius 2 is 2.44 bits per heavy atom. The van der Waals surface area contributed by atoms with Gasteiger partial charge in [-0.05, 0) is 41.8 Å². The first kappa shape index (κ1) is 12.3. The fraction of sp³-hybridized carbons (Fsp3) is 0.583. The van der Waals surface area contributed by atoms with Gasteiger partial charge in [0.1, 0.15) is 0 Å². The molecule has 0 bridgehead atoms. The van der Waals surface area contributed by atoms with Gasteiger partial charge in [-0.2, -0.15) is 0 Å². The van der Waals surface area contributed by atoms with E-state index in [1.54, 1.807) is 11.3 Å². The zero-order valence-corrected chi connectivity index (χ0v) is 11.9. The number of thiophene rings is 1. The first-order valence-electron chi connectivity index (χ1n) is 5.55. The van der Waals surface area contributed by atoms with Crippen molar-refractivity contribution in [3.63, 3.8) is 0 Å². The summed E-state index contributed by atoms with van der Waals surface area (Å²) < 4.78 is 6.60. The van der Waals surface area contributed by atoms with E-state index in [1.165, 1.54) is 0 Å². The van der Waals surface area contributed by atoms with Gasteiger partial charge in [0.2, 0.25) is 0 Å². The van der Waals surface area contributed by atoms with E-state index in [4.69, 9.17) is 4.74 Å². The Balaban J connectivity index is 2.21. The maximum atomic E-state index is 12.4. The molecule has 1 aliphatic rings. The van der Waals surface area contributed by atoms with E-state index in [1.807, 2.05) is 13.0 Å². The van der Waals surface area contributed by atoms with Gasteiger partial charge in [0.15, 0.2) is 5.78 Å².